The Labute approximate surface area is 72.6 Å². The number of hydrogen-bond donors (Lipinski definition) is 2. The normalized spacial score (nSPS) is 30.4. The van der Waals surface area contributed by atoms with Crippen molar-refractivity contribution in [3.8, 4) is 0 Å². The van der Waals surface area contributed by atoms with E-state index in [0.717, 1.165) is 12.5 Å². The van der Waals surface area contributed by atoms with Gasteiger partial charge in [-0.25, -0.2) is 0 Å². The van der Waals surface area contributed by atoms with Crippen molar-refractivity contribution in [3.05, 3.63) is 18.0 Å². The number of hydrogen-bond acceptors (Lipinski definition) is 2. The van der Waals surface area contributed by atoms with Gasteiger partial charge in [-0.2, -0.15) is 5.10 Å². The molecule has 0 amide bonds. The first-order chi connectivity index (χ1) is 5.86. The Balaban J connectivity index is 1.99. The molecule has 3 heteroatoms. The average Bonchev–Trinajstić information content (AvgIpc) is 2.58. The largest absolute Gasteiger partial charge is 0.310 e. The SMILES string of the molecule is CC1CCC(c2cn[nH]c2)NC1. The molecular weight excluding hydrogens is 150 g/mol. The summed E-state index contributed by atoms with van der Waals surface area (Å²) in [5.74, 6) is 0.827. The van der Waals surface area contributed by atoms with Gasteiger partial charge in [-0.1, -0.05) is 6.92 Å². The number of aromatic nitrogens is 2. The monoisotopic (exact) mass is 165 g/mol. The highest BCUT2D eigenvalue weighted by molar-refractivity contribution is 5.10. The summed E-state index contributed by atoms with van der Waals surface area (Å²) in [5.41, 5.74) is 1.29. The van der Waals surface area contributed by atoms with Crippen molar-refractivity contribution in [1.82, 2.24) is 15.5 Å². The molecule has 0 spiro atoms. The second kappa shape index (κ2) is 3.27. The Kier molecular flexibility index (Phi) is 2.13. The fourth-order valence-electron chi connectivity index (χ4n) is 1.73. The predicted molar refractivity (Wildman–Crippen MR) is 47.7 cm³/mol. The molecule has 0 aliphatic carbocycles. The summed E-state index contributed by atoms with van der Waals surface area (Å²) in [5, 5.41) is 10.3. The van der Waals surface area contributed by atoms with E-state index in [1.165, 1.54) is 18.4 Å². The van der Waals surface area contributed by atoms with E-state index in [4.69, 9.17) is 0 Å². The van der Waals surface area contributed by atoms with Crippen molar-refractivity contribution >= 4 is 0 Å². The quantitative estimate of drug-likeness (QED) is 0.661. The lowest BCUT2D eigenvalue weighted by Gasteiger charge is -2.26. The molecule has 2 atom stereocenters. The third-order valence-corrected chi connectivity index (χ3v) is 2.58. The molecule has 66 valence electrons. The lowest BCUT2D eigenvalue weighted by molar-refractivity contribution is 0.333. The smallest absolute Gasteiger partial charge is 0.0535 e. The molecule has 1 aromatic rings. The Morgan fingerprint density at radius 3 is 3.00 bits per heavy atom. The standard InChI is InChI=1S/C9H15N3/c1-7-2-3-9(10-4-7)8-5-11-12-6-8/h5-7,9-10H,2-4H2,1H3,(H,11,12). The van der Waals surface area contributed by atoms with Crippen LogP contribution in [-0.4, -0.2) is 16.7 Å². The lowest BCUT2D eigenvalue weighted by Crippen LogP contribution is -2.31. The molecule has 0 saturated carbocycles. The van der Waals surface area contributed by atoms with Crippen LogP contribution in [0.15, 0.2) is 12.4 Å². The summed E-state index contributed by atoms with van der Waals surface area (Å²) in [4.78, 5) is 0. The second-order valence-electron chi connectivity index (χ2n) is 3.67. The minimum atomic E-state index is 0.528. The topological polar surface area (TPSA) is 40.7 Å². The van der Waals surface area contributed by atoms with Crippen molar-refractivity contribution in [2.45, 2.75) is 25.8 Å². The van der Waals surface area contributed by atoms with E-state index in [2.05, 4.69) is 22.4 Å². The van der Waals surface area contributed by atoms with E-state index in [1.54, 1.807) is 0 Å². The molecule has 0 radical (unpaired) electrons. The summed E-state index contributed by atoms with van der Waals surface area (Å²) in [6.07, 6.45) is 6.45. The Bertz CT molecular complexity index is 222. The van der Waals surface area contributed by atoms with Gasteiger partial charge in [0, 0.05) is 17.8 Å². The van der Waals surface area contributed by atoms with E-state index in [0.29, 0.717) is 6.04 Å². The van der Waals surface area contributed by atoms with Crippen LogP contribution in [0.4, 0.5) is 0 Å². The van der Waals surface area contributed by atoms with Gasteiger partial charge in [0.1, 0.15) is 0 Å². The van der Waals surface area contributed by atoms with Crippen molar-refractivity contribution in [3.63, 3.8) is 0 Å². The maximum atomic E-state index is 3.95. The molecule has 2 N–H and O–H groups in total. The van der Waals surface area contributed by atoms with Crippen molar-refractivity contribution < 1.29 is 0 Å². The van der Waals surface area contributed by atoms with Crippen LogP contribution in [0.5, 0.6) is 0 Å². The maximum absolute atomic E-state index is 3.95. The molecule has 1 aromatic heterocycles. The first-order valence-electron chi connectivity index (χ1n) is 4.58. The van der Waals surface area contributed by atoms with Gasteiger partial charge in [0.25, 0.3) is 0 Å². The molecule has 2 unspecified atom stereocenters. The maximum Gasteiger partial charge on any atom is 0.0535 e. The molecule has 0 bridgehead atoms. The number of piperidine rings is 1. The Morgan fingerprint density at radius 2 is 2.42 bits per heavy atom. The number of nitrogens with zero attached hydrogens (tertiary/aromatic N) is 1. The third-order valence-electron chi connectivity index (χ3n) is 2.58. The molecule has 1 fully saturated rings. The van der Waals surface area contributed by atoms with Gasteiger partial charge in [0.2, 0.25) is 0 Å². The molecular formula is C9H15N3. The van der Waals surface area contributed by atoms with Crippen LogP contribution in [0.25, 0.3) is 0 Å². The fraction of sp³-hybridized carbons (Fsp3) is 0.667. The van der Waals surface area contributed by atoms with Gasteiger partial charge in [-0.15, -0.1) is 0 Å². The van der Waals surface area contributed by atoms with Crippen LogP contribution in [0.3, 0.4) is 0 Å². The molecule has 1 aliphatic rings. The molecule has 1 saturated heterocycles. The van der Waals surface area contributed by atoms with E-state index in [-0.39, 0.29) is 0 Å². The summed E-state index contributed by atoms with van der Waals surface area (Å²) >= 11 is 0. The summed E-state index contributed by atoms with van der Waals surface area (Å²) in [6.45, 7) is 3.43. The average molecular weight is 165 g/mol. The third kappa shape index (κ3) is 1.50. The van der Waals surface area contributed by atoms with Gasteiger partial charge >= 0.3 is 0 Å². The minimum absolute atomic E-state index is 0.528. The predicted octanol–water partition coefficient (Wildman–Crippen LogP) is 1.47. The first kappa shape index (κ1) is 7.80. The van der Waals surface area contributed by atoms with Gasteiger partial charge in [-0.05, 0) is 25.3 Å². The molecule has 12 heavy (non-hydrogen) atoms. The van der Waals surface area contributed by atoms with Crippen LogP contribution >= 0.6 is 0 Å². The van der Waals surface area contributed by atoms with Crippen LogP contribution in [0.1, 0.15) is 31.4 Å². The van der Waals surface area contributed by atoms with E-state index < -0.39 is 0 Å². The van der Waals surface area contributed by atoms with Crippen LogP contribution in [-0.2, 0) is 0 Å². The number of rotatable bonds is 1. The van der Waals surface area contributed by atoms with Crippen molar-refractivity contribution in [2.75, 3.05) is 6.54 Å². The van der Waals surface area contributed by atoms with Crippen molar-refractivity contribution in [2.24, 2.45) is 5.92 Å². The van der Waals surface area contributed by atoms with Crippen LogP contribution in [0, 0.1) is 5.92 Å². The Hall–Kier alpha value is -0.830. The summed E-state index contributed by atoms with van der Waals surface area (Å²) in [6, 6.07) is 0.528. The lowest BCUT2D eigenvalue weighted by atomic mass is 9.94. The van der Waals surface area contributed by atoms with Gasteiger partial charge in [0.15, 0.2) is 0 Å². The summed E-state index contributed by atoms with van der Waals surface area (Å²) in [7, 11) is 0. The van der Waals surface area contributed by atoms with Crippen LogP contribution in [0.2, 0.25) is 0 Å². The highest BCUT2D eigenvalue weighted by Crippen LogP contribution is 2.24. The fourth-order valence-corrected chi connectivity index (χ4v) is 1.73. The van der Waals surface area contributed by atoms with Crippen molar-refractivity contribution in [1.29, 1.82) is 0 Å². The molecule has 1 aliphatic heterocycles. The van der Waals surface area contributed by atoms with Gasteiger partial charge in [0.05, 0.1) is 6.20 Å². The Morgan fingerprint density at radius 1 is 1.50 bits per heavy atom. The van der Waals surface area contributed by atoms with Crippen LogP contribution < -0.4 is 5.32 Å². The highest BCUT2D eigenvalue weighted by atomic mass is 15.1. The molecule has 2 heterocycles. The minimum Gasteiger partial charge on any atom is -0.310 e. The summed E-state index contributed by atoms with van der Waals surface area (Å²) < 4.78 is 0. The van der Waals surface area contributed by atoms with Gasteiger partial charge < -0.3 is 5.32 Å². The number of nitrogens with one attached hydrogen (secondary N) is 2. The van der Waals surface area contributed by atoms with E-state index in [1.807, 2.05) is 12.4 Å². The number of H-pyrrole nitrogens is 1. The molecule has 2 rings (SSSR count). The zero-order valence-corrected chi connectivity index (χ0v) is 7.38. The van der Waals surface area contributed by atoms with E-state index in [9.17, 15) is 0 Å². The molecule has 3 nitrogen and oxygen atoms in total. The highest BCUT2D eigenvalue weighted by Gasteiger charge is 2.18. The van der Waals surface area contributed by atoms with E-state index >= 15 is 0 Å². The molecule has 0 aromatic carbocycles. The van der Waals surface area contributed by atoms with Gasteiger partial charge in [-0.3, -0.25) is 5.10 Å². The zero-order valence-electron chi connectivity index (χ0n) is 7.38. The number of aromatic amines is 1. The second-order valence-corrected chi connectivity index (χ2v) is 3.67. The first-order valence-corrected chi connectivity index (χ1v) is 4.58. The zero-order chi connectivity index (χ0) is 8.39.